The van der Waals surface area contributed by atoms with E-state index in [0.717, 1.165) is 4.47 Å². The predicted molar refractivity (Wildman–Crippen MR) is 52.7 cm³/mol. The molecule has 0 aliphatic carbocycles. The molecule has 5 heteroatoms. The van der Waals surface area contributed by atoms with Gasteiger partial charge in [-0.25, -0.2) is 0 Å². The molecular weight excluding hydrogens is 234 g/mol. The molecule has 1 atom stereocenters. The molecule has 0 fully saturated rings. The molecule has 1 amide bonds. The van der Waals surface area contributed by atoms with Gasteiger partial charge in [0.2, 0.25) is 5.91 Å². The first-order valence-electron chi connectivity index (χ1n) is 3.65. The Kier molecular flexibility index (Phi) is 2.68. The van der Waals surface area contributed by atoms with Gasteiger partial charge in [-0.2, -0.15) is 0 Å². The second-order valence-corrected chi connectivity index (χ2v) is 3.84. The van der Waals surface area contributed by atoms with Crippen LogP contribution in [0.15, 0.2) is 22.8 Å². The number of aromatic nitrogens is 1. The van der Waals surface area contributed by atoms with Crippen LogP contribution >= 0.6 is 15.9 Å². The maximum atomic E-state index is 11.0. The van der Waals surface area contributed by atoms with Crippen LogP contribution in [0.2, 0.25) is 0 Å². The monoisotopic (exact) mass is 243 g/mol. The lowest BCUT2D eigenvalue weighted by molar-refractivity contribution is -0.122. The van der Waals surface area contributed by atoms with Crippen LogP contribution < -0.4 is 11.5 Å². The van der Waals surface area contributed by atoms with Gasteiger partial charge in [-0.05, 0) is 19.1 Å². The number of nitrogens with zero attached hydrogens (tertiary/aromatic N) is 1. The minimum absolute atomic E-state index is 0.453. The minimum Gasteiger partial charge on any atom is -0.368 e. The van der Waals surface area contributed by atoms with Crippen molar-refractivity contribution in [3.63, 3.8) is 0 Å². The SMILES string of the molecule is CC(N)(C(N)=O)c1cc(Br)ccn1. The van der Waals surface area contributed by atoms with Crippen LogP contribution in [0.1, 0.15) is 12.6 Å². The zero-order valence-corrected chi connectivity index (χ0v) is 8.71. The van der Waals surface area contributed by atoms with Gasteiger partial charge in [0.1, 0.15) is 5.54 Å². The molecule has 4 N–H and O–H groups in total. The van der Waals surface area contributed by atoms with Gasteiger partial charge in [0.25, 0.3) is 0 Å². The number of pyridine rings is 1. The third-order valence-electron chi connectivity index (χ3n) is 1.77. The summed E-state index contributed by atoms with van der Waals surface area (Å²) in [6, 6.07) is 3.42. The van der Waals surface area contributed by atoms with E-state index in [9.17, 15) is 4.79 Å². The summed E-state index contributed by atoms with van der Waals surface area (Å²) in [7, 11) is 0. The molecule has 1 aromatic heterocycles. The summed E-state index contributed by atoms with van der Waals surface area (Å²) in [6.07, 6.45) is 1.56. The van der Waals surface area contributed by atoms with Gasteiger partial charge in [0.05, 0.1) is 5.69 Å². The van der Waals surface area contributed by atoms with Crippen LogP contribution in [0.5, 0.6) is 0 Å². The van der Waals surface area contributed by atoms with Crippen LogP contribution in [0, 0.1) is 0 Å². The van der Waals surface area contributed by atoms with Crippen molar-refractivity contribution in [1.29, 1.82) is 0 Å². The Hall–Kier alpha value is -0.940. The van der Waals surface area contributed by atoms with Crippen molar-refractivity contribution in [1.82, 2.24) is 4.98 Å². The highest BCUT2D eigenvalue weighted by Gasteiger charge is 2.29. The first-order chi connectivity index (χ1) is 5.94. The molecule has 0 aromatic carbocycles. The lowest BCUT2D eigenvalue weighted by atomic mass is 9.98. The fourth-order valence-corrected chi connectivity index (χ4v) is 1.15. The average Bonchev–Trinajstić information content (AvgIpc) is 2.04. The molecular formula is C8H10BrN3O. The first kappa shape index (κ1) is 10.1. The molecule has 0 aliphatic heterocycles. The summed E-state index contributed by atoms with van der Waals surface area (Å²) >= 11 is 3.26. The smallest absolute Gasteiger partial charge is 0.243 e. The molecule has 0 bridgehead atoms. The van der Waals surface area contributed by atoms with E-state index in [1.165, 1.54) is 6.92 Å². The molecule has 0 radical (unpaired) electrons. The Balaban J connectivity index is 3.14. The van der Waals surface area contributed by atoms with Gasteiger partial charge in [-0.15, -0.1) is 0 Å². The minimum atomic E-state index is -1.22. The summed E-state index contributed by atoms with van der Waals surface area (Å²) in [5.74, 6) is -0.599. The van der Waals surface area contributed by atoms with Crippen molar-refractivity contribution < 1.29 is 4.79 Å². The van der Waals surface area contributed by atoms with Crippen LogP contribution in [-0.2, 0) is 10.3 Å². The second kappa shape index (κ2) is 3.43. The summed E-state index contributed by atoms with van der Waals surface area (Å²) in [4.78, 5) is 15.0. The van der Waals surface area contributed by atoms with Crippen LogP contribution in [0.4, 0.5) is 0 Å². The molecule has 0 spiro atoms. The van der Waals surface area contributed by atoms with Crippen molar-refractivity contribution in [2.75, 3.05) is 0 Å². The van der Waals surface area contributed by atoms with Crippen molar-refractivity contribution >= 4 is 21.8 Å². The first-order valence-corrected chi connectivity index (χ1v) is 4.44. The Bertz CT molecular complexity index is 338. The van der Waals surface area contributed by atoms with E-state index in [1.807, 2.05) is 0 Å². The number of primary amides is 1. The largest absolute Gasteiger partial charge is 0.368 e. The molecule has 0 aliphatic rings. The lowest BCUT2D eigenvalue weighted by Crippen LogP contribution is -2.46. The molecule has 0 saturated heterocycles. The van der Waals surface area contributed by atoms with E-state index in [2.05, 4.69) is 20.9 Å². The molecule has 0 saturated carbocycles. The highest BCUT2D eigenvalue weighted by molar-refractivity contribution is 9.10. The molecule has 1 aromatic rings. The van der Waals surface area contributed by atoms with Crippen LogP contribution in [0.25, 0.3) is 0 Å². The van der Waals surface area contributed by atoms with Crippen molar-refractivity contribution in [3.05, 3.63) is 28.5 Å². The van der Waals surface area contributed by atoms with Crippen LogP contribution in [-0.4, -0.2) is 10.9 Å². The lowest BCUT2D eigenvalue weighted by Gasteiger charge is -2.19. The number of nitrogens with two attached hydrogens (primary N) is 2. The molecule has 1 heterocycles. The zero-order chi connectivity index (χ0) is 10.1. The summed E-state index contributed by atoms with van der Waals surface area (Å²) in [5.41, 5.74) is 10.1. The van der Waals surface area contributed by atoms with Gasteiger partial charge in [-0.3, -0.25) is 9.78 Å². The second-order valence-electron chi connectivity index (χ2n) is 2.93. The number of carbonyl (C=O) groups excluding carboxylic acids is 1. The Morgan fingerprint density at radius 1 is 1.69 bits per heavy atom. The average molecular weight is 244 g/mol. The molecule has 1 unspecified atom stereocenters. The highest BCUT2D eigenvalue weighted by Crippen LogP contribution is 2.18. The summed E-state index contributed by atoms with van der Waals surface area (Å²) in [5, 5.41) is 0. The fourth-order valence-electron chi connectivity index (χ4n) is 0.815. The van der Waals surface area contributed by atoms with E-state index in [4.69, 9.17) is 11.5 Å². The summed E-state index contributed by atoms with van der Waals surface area (Å²) in [6.45, 7) is 1.53. The van der Waals surface area contributed by atoms with E-state index < -0.39 is 11.4 Å². The predicted octanol–water partition coefficient (Wildman–Crippen LogP) is 0.503. The maximum Gasteiger partial charge on any atom is 0.243 e. The van der Waals surface area contributed by atoms with E-state index in [0.29, 0.717) is 5.69 Å². The summed E-state index contributed by atoms with van der Waals surface area (Å²) < 4.78 is 0.815. The number of carbonyl (C=O) groups is 1. The van der Waals surface area contributed by atoms with Gasteiger partial charge < -0.3 is 11.5 Å². The van der Waals surface area contributed by atoms with Gasteiger partial charge in [0.15, 0.2) is 0 Å². The van der Waals surface area contributed by atoms with E-state index in [1.54, 1.807) is 18.3 Å². The van der Waals surface area contributed by atoms with Gasteiger partial charge >= 0.3 is 0 Å². The van der Waals surface area contributed by atoms with Crippen LogP contribution in [0.3, 0.4) is 0 Å². The standard InChI is InChI=1S/C8H10BrN3O/c1-8(11,7(10)13)6-4-5(9)2-3-12-6/h2-4H,11H2,1H3,(H2,10,13). The quantitative estimate of drug-likeness (QED) is 0.794. The molecule has 70 valence electrons. The zero-order valence-electron chi connectivity index (χ0n) is 7.12. The Morgan fingerprint density at radius 3 is 2.77 bits per heavy atom. The number of halogens is 1. The Morgan fingerprint density at radius 2 is 2.31 bits per heavy atom. The highest BCUT2D eigenvalue weighted by atomic mass is 79.9. The van der Waals surface area contributed by atoms with Crippen molar-refractivity contribution in [3.8, 4) is 0 Å². The van der Waals surface area contributed by atoms with Crippen molar-refractivity contribution in [2.45, 2.75) is 12.5 Å². The number of amides is 1. The maximum absolute atomic E-state index is 11.0. The number of hydrogen-bond acceptors (Lipinski definition) is 3. The topological polar surface area (TPSA) is 82.0 Å². The third-order valence-corrected chi connectivity index (χ3v) is 2.26. The molecule has 4 nitrogen and oxygen atoms in total. The van der Waals surface area contributed by atoms with E-state index >= 15 is 0 Å². The van der Waals surface area contributed by atoms with Gasteiger partial charge in [-0.1, -0.05) is 15.9 Å². The number of hydrogen-bond donors (Lipinski definition) is 2. The normalized spacial score (nSPS) is 15.0. The fraction of sp³-hybridized carbons (Fsp3) is 0.250. The number of rotatable bonds is 2. The van der Waals surface area contributed by atoms with Gasteiger partial charge in [0, 0.05) is 10.7 Å². The molecule has 13 heavy (non-hydrogen) atoms. The third kappa shape index (κ3) is 2.05. The Labute approximate surface area is 84.5 Å². The van der Waals surface area contributed by atoms with E-state index in [-0.39, 0.29) is 0 Å². The molecule has 1 rings (SSSR count). The van der Waals surface area contributed by atoms with Crippen molar-refractivity contribution in [2.24, 2.45) is 11.5 Å².